The van der Waals surface area contributed by atoms with Crippen molar-refractivity contribution in [1.82, 2.24) is 0 Å². The van der Waals surface area contributed by atoms with Crippen LogP contribution in [-0.2, 0) is 18.9 Å². The van der Waals surface area contributed by atoms with Crippen LogP contribution in [0, 0.1) is 34.5 Å². The van der Waals surface area contributed by atoms with Gasteiger partial charge in [-0.05, 0) is 61.7 Å². The first-order valence-electron chi connectivity index (χ1n) is 11.7. The van der Waals surface area contributed by atoms with Gasteiger partial charge < -0.3 is 24.1 Å². The Morgan fingerprint density at radius 3 is 2.21 bits per heavy atom. The summed E-state index contributed by atoms with van der Waals surface area (Å²) in [5.74, 6) is 1.19. The fourth-order valence-corrected chi connectivity index (χ4v) is 8.84. The molecule has 0 unspecified atom stereocenters. The lowest BCUT2D eigenvalue weighted by molar-refractivity contribution is -0.317. The molecule has 28 heavy (non-hydrogen) atoms. The molecular weight excluding hydrogens is 356 g/mol. The second kappa shape index (κ2) is 5.94. The van der Waals surface area contributed by atoms with Crippen LogP contribution in [-0.4, -0.2) is 49.2 Å². The summed E-state index contributed by atoms with van der Waals surface area (Å²) >= 11 is 0. The lowest BCUT2D eigenvalue weighted by atomic mass is 9.43. The molecule has 0 aromatic carbocycles. The number of ether oxygens (including phenoxy) is 4. The Labute approximate surface area is 168 Å². The van der Waals surface area contributed by atoms with Crippen LogP contribution in [0.3, 0.4) is 0 Å². The molecule has 4 saturated carbocycles. The van der Waals surface area contributed by atoms with E-state index in [0.717, 1.165) is 51.7 Å². The molecule has 4 aliphatic carbocycles. The third-order valence-electron chi connectivity index (χ3n) is 10.2. The fourth-order valence-electron chi connectivity index (χ4n) is 8.84. The number of aliphatic hydroxyl groups is 1. The van der Waals surface area contributed by atoms with Crippen LogP contribution in [0.2, 0.25) is 0 Å². The van der Waals surface area contributed by atoms with Crippen LogP contribution in [0.1, 0.15) is 65.2 Å². The van der Waals surface area contributed by atoms with Crippen LogP contribution >= 0.6 is 0 Å². The predicted octanol–water partition coefficient (Wildman–Crippen LogP) is 3.49. The Morgan fingerprint density at radius 1 is 0.786 bits per heavy atom. The molecular formula is C23H36O5. The summed E-state index contributed by atoms with van der Waals surface area (Å²) < 4.78 is 25.6. The van der Waals surface area contributed by atoms with Crippen molar-refractivity contribution < 1.29 is 24.1 Å². The number of aliphatic hydroxyl groups excluding tert-OH is 1. The van der Waals surface area contributed by atoms with Crippen LogP contribution in [0.25, 0.3) is 0 Å². The minimum absolute atomic E-state index is 0.0460. The topological polar surface area (TPSA) is 57.2 Å². The number of rotatable bonds is 0. The van der Waals surface area contributed by atoms with Gasteiger partial charge in [-0.3, -0.25) is 0 Å². The molecule has 2 saturated heterocycles. The molecule has 0 aromatic rings. The number of hydrogen-bond acceptors (Lipinski definition) is 5. The molecule has 6 rings (SSSR count). The zero-order chi connectivity index (χ0) is 19.2. The highest BCUT2D eigenvalue weighted by Gasteiger charge is 2.72. The molecule has 0 aromatic heterocycles. The van der Waals surface area contributed by atoms with Crippen molar-refractivity contribution >= 4 is 0 Å². The van der Waals surface area contributed by atoms with E-state index in [1.807, 2.05) is 0 Å². The number of hydrogen-bond donors (Lipinski definition) is 1. The van der Waals surface area contributed by atoms with Gasteiger partial charge in [0, 0.05) is 24.2 Å². The normalized spacial score (nSPS) is 53.9. The first kappa shape index (κ1) is 18.6. The molecule has 158 valence electrons. The van der Waals surface area contributed by atoms with Crippen LogP contribution in [0.4, 0.5) is 0 Å². The Morgan fingerprint density at radius 2 is 1.46 bits per heavy atom. The molecule has 2 spiro atoms. The molecule has 1 N–H and O–H groups in total. The fraction of sp³-hybridized carbons (Fsp3) is 1.00. The maximum absolute atomic E-state index is 10.4. The second-order valence-electron chi connectivity index (χ2n) is 11.0. The highest BCUT2D eigenvalue weighted by atomic mass is 16.7. The predicted molar refractivity (Wildman–Crippen MR) is 102 cm³/mol. The van der Waals surface area contributed by atoms with E-state index in [9.17, 15) is 5.11 Å². The van der Waals surface area contributed by atoms with Gasteiger partial charge in [0.15, 0.2) is 11.6 Å². The van der Waals surface area contributed by atoms with Gasteiger partial charge in [-0.2, -0.15) is 0 Å². The Kier molecular flexibility index (Phi) is 3.94. The molecule has 6 fully saturated rings. The SMILES string of the molecule is C[C@]12CC[C@H](O)C[C@@H]1CC1(OCCO1)[C@H]1[C@H]2CC[C@@]2(C)[C@@H]1CCC21OCCO1. The smallest absolute Gasteiger partial charge is 0.174 e. The molecule has 5 nitrogen and oxygen atoms in total. The summed E-state index contributed by atoms with van der Waals surface area (Å²) in [7, 11) is 0. The van der Waals surface area contributed by atoms with Crippen LogP contribution in [0.5, 0.6) is 0 Å². The van der Waals surface area contributed by atoms with Gasteiger partial charge in [-0.15, -0.1) is 0 Å². The van der Waals surface area contributed by atoms with Crippen molar-refractivity contribution in [3.05, 3.63) is 0 Å². The van der Waals surface area contributed by atoms with Crippen LogP contribution < -0.4 is 0 Å². The van der Waals surface area contributed by atoms with E-state index in [-0.39, 0.29) is 17.3 Å². The summed E-state index contributed by atoms with van der Waals surface area (Å²) in [6.07, 6.45) is 8.30. The second-order valence-corrected chi connectivity index (χ2v) is 11.0. The summed E-state index contributed by atoms with van der Waals surface area (Å²) in [6, 6.07) is 0. The molecule has 7 atom stereocenters. The molecule has 6 aliphatic rings. The van der Waals surface area contributed by atoms with Crippen molar-refractivity contribution in [2.24, 2.45) is 34.5 Å². The van der Waals surface area contributed by atoms with Crippen molar-refractivity contribution in [3.63, 3.8) is 0 Å². The zero-order valence-corrected chi connectivity index (χ0v) is 17.5. The molecule has 0 bridgehead atoms. The molecule has 2 heterocycles. The van der Waals surface area contributed by atoms with E-state index in [1.54, 1.807) is 0 Å². The first-order valence-corrected chi connectivity index (χ1v) is 11.7. The van der Waals surface area contributed by atoms with E-state index in [0.29, 0.717) is 42.3 Å². The summed E-state index contributed by atoms with van der Waals surface area (Å²) in [4.78, 5) is 0. The van der Waals surface area contributed by atoms with Gasteiger partial charge in [-0.25, -0.2) is 0 Å². The minimum Gasteiger partial charge on any atom is -0.393 e. The zero-order valence-electron chi connectivity index (χ0n) is 17.5. The van der Waals surface area contributed by atoms with Gasteiger partial charge in [0.05, 0.1) is 32.5 Å². The standard InChI is InChI=1S/C23H36O5/c1-20-6-3-16(24)13-15(20)14-22(25-9-10-26-22)19-17(20)4-7-21(2)18(19)5-8-23(21)27-11-12-28-23/h15-19,24H,3-14H2,1-2H3/t15-,16+,17-,18-,19+,20+,21+/m1/s1. The quantitative estimate of drug-likeness (QED) is 0.684. The third kappa shape index (κ3) is 2.16. The van der Waals surface area contributed by atoms with E-state index in [2.05, 4.69) is 13.8 Å². The Hall–Kier alpha value is -0.200. The minimum atomic E-state index is -0.456. The van der Waals surface area contributed by atoms with Crippen molar-refractivity contribution in [3.8, 4) is 0 Å². The van der Waals surface area contributed by atoms with E-state index in [1.165, 1.54) is 12.8 Å². The maximum Gasteiger partial charge on any atom is 0.174 e. The third-order valence-corrected chi connectivity index (χ3v) is 10.2. The summed E-state index contributed by atoms with van der Waals surface area (Å²) in [6.45, 7) is 7.80. The highest BCUT2D eigenvalue weighted by Crippen LogP contribution is 2.72. The highest BCUT2D eigenvalue weighted by molar-refractivity contribution is 5.16. The largest absolute Gasteiger partial charge is 0.393 e. The number of fused-ring (bicyclic) bond motifs is 7. The van der Waals surface area contributed by atoms with Gasteiger partial charge >= 0.3 is 0 Å². The van der Waals surface area contributed by atoms with E-state index >= 15 is 0 Å². The molecule has 0 radical (unpaired) electrons. The molecule has 2 aliphatic heterocycles. The Balaban J connectivity index is 1.43. The van der Waals surface area contributed by atoms with Gasteiger partial charge in [0.25, 0.3) is 0 Å². The van der Waals surface area contributed by atoms with Gasteiger partial charge in [0.1, 0.15) is 0 Å². The van der Waals surface area contributed by atoms with Crippen LogP contribution in [0.15, 0.2) is 0 Å². The summed E-state index contributed by atoms with van der Waals surface area (Å²) in [5, 5.41) is 10.4. The average molecular weight is 393 g/mol. The lowest BCUT2D eigenvalue weighted by Gasteiger charge is -2.65. The van der Waals surface area contributed by atoms with E-state index in [4.69, 9.17) is 18.9 Å². The summed E-state index contributed by atoms with van der Waals surface area (Å²) in [5.41, 5.74) is 0.337. The maximum atomic E-state index is 10.4. The molecule has 0 amide bonds. The Bertz CT molecular complexity index is 639. The monoisotopic (exact) mass is 392 g/mol. The first-order chi connectivity index (χ1) is 13.4. The van der Waals surface area contributed by atoms with E-state index < -0.39 is 5.79 Å². The van der Waals surface area contributed by atoms with Gasteiger partial charge in [-0.1, -0.05) is 13.8 Å². The van der Waals surface area contributed by atoms with Crippen molar-refractivity contribution in [2.75, 3.05) is 26.4 Å². The van der Waals surface area contributed by atoms with Crippen molar-refractivity contribution in [2.45, 2.75) is 82.9 Å². The molecule has 5 heteroatoms. The van der Waals surface area contributed by atoms with Crippen molar-refractivity contribution in [1.29, 1.82) is 0 Å². The average Bonchev–Trinajstić information content (AvgIpc) is 3.39. The lowest BCUT2D eigenvalue weighted by Crippen LogP contribution is -2.65. The van der Waals surface area contributed by atoms with Gasteiger partial charge in [0.2, 0.25) is 0 Å².